The molecule has 0 aliphatic carbocycles. The predicted molar refractivity (Wildman–Crippen MR) is 363 cm³/mol. The second-order valence-corrected chi connectivity index (χ2v) is 22.8. The summed E-state index contributed by atoms with van der Waals surface area (Å²) in [6.07, 6.45) is 7.39. The van der Waals surface area contributed by atoms with Crippen molar-refractivity contribution in [3.63, 3.8) is 0 Å². The Morgan fingerprint density at radius 2 is 0.489 bits per heavy atom. The smallest absolute Gasteiger partial charge is 0.141 e. The highest BCUT2D eigenvalue weighted by atomic mass is 15.1. The first-order valence-electron chi connectivity index (χ1n) is 29.9. The zero-order valence-electron chi connectivity index (χ0n) is 47.6. The summed E-state index contributed by atoms with van der Waals surface area (Å²) in [7, 11) is 0. The lowest BCUT2D eigenvalue weighted by Gasteiger charge is -2.22. The Bertz CT molecular complexity index is 5380. The van der Waals surface area contributed by atoms with E-state index in [0.717, 1.165) is 99.6 Å². The first-order chi connectivity index (χ1) is 43.7. The molecule has 410 valence electrons. The lowest BCUT2D eigenvalue weighted by molar-refractivity contribution is 0.837. The van der Waals surface area contributed by atoms with Gasteiger partial charge >= 0.3 is 0 Å². The zero-order valence-corrected chi connectivity index (χ0v) is 47.6. The largest absolute Gasteiger partial charge is 0.319 e. The fraction of sp³-hybridized carbons (Fsp3) is 0.0250. The lowest BCUT2D eigenvalue weighted by Crippen LogP contribution is -2.03. The van der Waals surface area contributed by atoms with Gasteiger partial charge in [-0.15, -0.1) is 0 Å². The van der Waals surface area contributed by atoms with Gasteiger partial charge in [-0.2, -0.15) is 0 Å². The average molecular weight is 1120 g/mol. The first-order valence-corrected chi connectivity index (χ1v) is 29.9. The molecule has 6 aromatic heterocycles. The standard InChI is InChI=1S/C80H50N8/c1-3-19-53(20-4-1)79-85-75-63-31-15-43-81-71(63)73-65(33-17-45-83-73)77(75)87(79)47-49-35-39-51(40-36-49)67-55-23-7-11-27-59(55)69(60-28-12-8-24-56(60)67)70-61-29-13-9-25-57(61)68(58-26-10-14-30-62(58)70)52-41-37-50(38-42-52)48-88-78-66-34-18-46-84-74(66)72-64(32-16-44-82-72)76(78)86-80(88)54-21-5-2-6-22-54/h1-46H,47-48H2. The first kappa shape index (κ1) is 49.7. The van der Waals surface area contributed by atoms with E-state index in [4.69, 9.17) is 29.9 Å². The van der Waals surface area contributed by atoms with Crippen molar-refractivity contribution in [2.24, 2.45) is 0 Å². The van der Waals surface area contributed by atoms with E-state index in [9.17, 15) is 0 Å². The van der Waals surface area contributed by atoms with Crippen molar-refractivity contribution in [3.8, 4) is 56.2 Å². The third kappa shape index (κ3) is 7.65. The second-order valence-electron chi connectivity index (χ2n) is 22.8. The van der Waals surface area contributed by atoms with Crippen LogP contribution in [0, 0.1) is 0 Å². The van der Waals surface area contributed by atoms with Crippen LogP contribution in [0.5, 0.6) is 0 Å². The van der Waals surface area contributed by atoms with Gasteiger partial charge in [0.25, 0.3) is 0 Å². The summed E-state index contributed by atoms with van der Waals surface area (Å²) in [6.45, 7) is 1.23. The van der Waals surface area contributed by atoms with Crippen molar-refractivity contribution in [1.29, 1.82) is 0 Å². The molecule has 0 bridgehead atoms. The van der Waals surface area contributed by atoms with E-state index in [1.165, 1.54) is 76.5 Å². The minimum Gasteiger partial charge on any atom is -0.319 e. The van der Waals surface area contributed by atoms with E-state index < -0.39 is 0 Å². The van der Waals surface area contributed by atoms with Crippen molar-refractivity contribution >= 4 is 109 Å². The van der Waals surface area contributed by atoms with Gasteiger partial charge in [0.05, 0.1) is 44.1 Å². The van der Waals surface area contributed by atoms with E-state index in [2.05, 4.69) is 240 Å². The summed E-state index contributed by atoms with van der Waals surface area (Å²) >= 11 is 0. The van der Waals surface area contributed by atoms with E-state index >= 15 is 0 Å². The summed E-state index contributed by atoms with van der Waals surface area (Å²) < 4.78 is 4.74. The Hall–Kier alpha value is -11.7. The molecular formula is C80H50N8. The summed E-state index contributed by atoms with van der Waals surface area (Å²) in [5, 5.41) is 13.7. The highest BCUT2D eigenvalue weighted by molar-refractivity contribution is 6.30. The molecule has 0 saturated heterocycles. The molecule has 0 saturated carbocycles. The third-order valence-electron chi connectivity index (χ3n) is 18.0. The molecule has 18 rings (SSSR count). The summed E-state index contributed by atoms with van der Waals surface area (Å²) in [5.74, 6) is 1.82. The minimum absolute atomic E-state index is 0.613. The van der Waals surface area contributed by atoms with E-state index in [1.54, 1.807) is 0 Å². The molecule has 0 amide bonds. The van der Waals surface area contributed by atoms with Crippen molar-refractivity contribution in [2.75, 3.05) is 0 Å². The average Bonchev–Trinajstić information content (AvgIpc) is 1.66. The monoisotopic (exact) mass is 1120 g/mol. The van der Waals surface area contributed by atoms with Crippen LogP contribution in [0.1, 0.15) is 11.1 Å². The fourth-order valence-corrected chi connectivity index (χ4v) is 14.2. The number of hydrogen-bond donors (Lipinski definition) is 0. The number of rotatable bonds is 9. The quantitative estimate of drug-likeness (QED) is 0.106. The van der Waals surface area contributed by atoms with Gasteiger partial charge in [-0.1, -0.05) is 206 Å². The number of benzene rings is 12. The molecule has 88 heavy (non-hydrogen) atoms. The van der Waals surface area contributed by atoms with Gasteiger partial charge in [0.2, 0.25) is 0 Å². The molecule has 0 N–H and O–H groups in total. The maximum Gasteiger partial charge on any atom is 0.141 e. The highest BCUT2D eigenvalue weighted by Gasteiger charge is 2.26. The molecule has 0 atom stereocenters. The SMILES string of the molecule is c1ccc(-c2nc3c4cccnc4c4ncccc4c3n2Cc2ccc(-c3c4ccccc4c(-c4c5ccccc5c(-c5ccc(Cn6c(-c7ccccc7)nc7c8cccnc8c8ncccc8c76)cc5)c5ccccc45)c4ccccc34)cc2)cc1. The molecule has 8 nitrogen and oxygen atoms in total. The Labute approximate surface area is 505 Å². The minimum atomic E-state index is 0.613. The van der Waals surface area contributed by atoms with Crippen molar-refractivity contribution in [1.82, 2.24) is 39.0 Å². The lowest BCUT2D eigenvalue weighted by atomic mass is 9.81. The molecule has 6 heterocycles. The van der Waals surface area contributed by atoms with Crippen LogP contribution in [-0.2, 0) is 13.1 Å². The number of hydrogen-bond acceptors (Lipinski definition) is 6. The van der Waals surface area contributed by atoms with Gasteiger partial charge in [0.15, 0.2) is 0 Å². The molecule has 0 fully saturated rings. The second kappa shape index (κ2) is 19.9. The Morgan fingerprint density at radius 1 is 0.216 bits per heavy atom. The van der Waals surface area contributed by atoms with Gasteiger partial charge in [-0.3, -0.25) is 19.9 Å². The molecule has 0 aliphatic heterocycles. The van der Waals surface area contributed by atoms with E-state index in [1.807, 2.05) is 49.1 Å². The zero-order chi connectivity index (χ0) is 57.8. The van der Waals surface area contributed by atoms with Crippen LogP contribution in [-0.4, -0.2) is 39.0 Å². The van der Waals surface area contributed by atoms with E-state index in [-0.39, 0.29) is 0 Å². The maximum absolute atomic E-state index is 5.42. The number of nitrogens with zero attached hydrogens (tertiary/aromatic N) is 8. The molecule has 8 heteroatoms. The van der Waals surface area contributed by atoms with Crippen LogP contribution in [0.25, 0.3) is 165 Å². The number of pyridine rings is 4. The maximum atomic E-state index is 5.42. The van der Waals surface area contributed by atoms with Crippen LogP contribution >= 0.6 is 0 Å². The fourth-order valence-electron chi connectivity index (χ4n) is 14.2. The molecule has 0 unspecified atom stereocenters. The molecule has 0 aliphatic rings. The van der Waals surface area contributed by atoms with Crippen LogP contribution < -0.4 is 0 Å². The summed E-state index contributed by atoms with van der Waals surface area (Å²) in [5.41, 5.74) is 19.1. The molecule has 0 spiro atoms. The number of fused-ring (bicyclic) bond motifs is 16. The van der Waals surface area contributed by atoms with E-state index in [0.29, 0.717) is 13.1 Å². The van der Waals surface area contributed by atoms with Gasteiger partial charge in [0, 0.05) is 70.5 Å². The Morgan fingerprint density at radius 3 is 0.818 bits per heavy atom. The Kier molecular flexibility index (Phi) is 11.3. The van der Waals surface area contributed by atoms with Gasteiger partial charge < -0.3 is 9.13 Å². The summed E-state index contributed by atoms with van der Waals surface area (Å²) in [4.78, 5) is 30.3. The van der Waals surface area contributed by atoms with Gasteiger partial charge in [0.1, 0.15) is 11.6 Å². The Balaban J connectivity index is 0.762. The number of aromatic nitrogens is 8. The molecular weight excluding hydrogens is 1070 g/mol. The molecule has 18 aromatic rings. The van der Waals surface area contributed by atoms with Crippen molar-refractivity contribution in [3.05, 3.63) is 291 Å². The van der Waals surface area contributed by atoms with Crippen molar-refractivity contribution in [2.45, 2.75) is 13.1 Å². The third-order valence-corrected chi connectivity index (χ3v) is 18.0. The predicted octanol–water partition coefficient (Wildman–Crippen LogP) is 19.6. The molecule has 12 aromatic carbocycles. The molecule has 0 radical (unpaired) electrons. The normalized spacial score (nSPS) is 12.0. The highest BCUT2D eigenvalue weighted by Crippen LogP contribution is 2.50. The van der Waals surface area contributed by atoms with Crippen LogP contribution in [0.3, 0.4) is 0 Å². The summed E-state index contributed by atoms with van der Waals surface area (Å²) in [6, 6.07) is 92.1. The van der Waals surface area contributed by atoms with Gasteiger partial charge in [-0.25, -0.2) is 9.97 Å². The van der Waals surface area contributed by atoms with Crippen LogP contribution in [0.15, 0.2) is 280 Å². The topological polar surface area (TPSA) is 87.2 Å². The van der Waals surface area contributed by atoms with Crippen LogP contribution in [0.2, 0.25) is 0 Å². The van der Waals surface area contributed by atoms with Crippen LogP contribution in [0.4, 0.5) is 0 Å². The number of imidazole rings is 2. The van der Waals surface area contributed by atoms with Gasteiger partial charge in [-0.05, 0) is 136 Å². The van der Waals surface area contributed by atoms with Crippen molar-refractivity contribution < 1.29 is 0 Å².